The summed E-state index contributed by atoms with van der Waals surface area (Å²) in [6.07, 6.45) is -0.506. The second-order valence-electron chi connectivity index (χ2n) is 3.45. The molecule has 80 valence electrons. The zero-order valence-electron chi connectivity index (χ0n) is 8.44. The summed E-state index contributed by atoms with van der Waals surface area (Å²) >= 11 is 0. The third-order valence-electron chi connectivity index (χ3n) is 2.31. The largest absolute Gasteiger partial charge is 0.389 e. The van der Waals surface area contributed by atoms with Crippen molar-refractivity contribution in [3.05, 3.63) is 0 Å². The maximum Gasteiger partial charge on any atom is 0.110 e. The van der Waals surface area contributed by atoms with E-state index in [0.717, 1.165) is 13.1 Å². The van der Waals surface area contributed by atoms with Crippen molar-refractivity contribution in [3.8, 4) is 6.07 Å². The molecular weight excluding hydrogens is 182 g/mol. The summed E-state index contributed by atoms with van der Waals surface area (Å²) in [5.41, 5.74) is 0. The van der Waals surface area contributed by atoms with Gasteiger partial charge in [-0.3, -0.25) is 4.90 Å². The Morgan fingerprint density at radius 3 is 3.21 bits per heavy atom. The topological polar surface area (TPSA) is 68.5 Å². The fraction of sp³-hybridized carbons (Fsp3) is 0.889. The Hall–Kier alpha value is -0.670. The zero-order chi connectivity index (χ0) is 10.4. The number of aliphatic hydroxyl groups excluding tert-OH is 1. The van der Waals surface area contributed by atoms with E-state index in [2.05, 4.69) is 11.4 Å². The van der Waals surface area contributed by atoms with Gasteiger partial charge in [0.05, 0.1) is 18.8 Å². The van der Waals surface area contributed by atoms with Gasteiger partial charge in [-0.05, 0) is 0 Å². The smallest absolute Gasteiger partial charge is 0.110 e. The number of nitrogens with one attached hydrogen (secondary N) is 1. The highest BCUT2D eigenvalue weighted by Gasteiger charge is 2.23. The molecule has 14 heavy (non-hydrogen) atoms. The lowest BCUT2D eigenvalue weighted by atomic mass is 10.2. The van der Waals surface area contributed by atoms with Crippen LogP contribution in [0.15, 0.2) is 0 Å². The minimum Gasteiger partial charge on any atom is -0.389 e. The van der Waals surface area contributed by atoms with Gasteiger partial charge in [-0.15, -0.1) is 0 Å². The predicted molar refractivity (Wildman–Crippen MR) is 51.7 cm³/mol. The number of hydrogen-bond acceptors (Lipinski definition) is 5. The van der Waals surface area contributed by atoms with Crippen LogP contribution in [-0.4, -0.2) is 62.0 Å². The summed E-state index contributed by atoms with van der Waals surface area (Å²) < 4.78 is 4.84. The van der Waals surface area contributed by atoms with E-state index >= 15 is 0 Å². The number of rotatable bonds is 4. The van der Waals surface area contributed by atoms with E-state index in [4.69, 9.17) is 10.00 Å². The van der Waals surface area contributed by atoms with Gasteiger partial charge in [0.1, 0.15) is 6.04 Å². The van der Waals surface area contributed by atoms with Gasteiger partial charge in [0.15, 0.2) is 0 Å². The lowest BCUT2D eigenvalue weighted by Crippen LogP contribution is -2.53. The third-order valence-corrected chi connectivity index (χ3v) is 2.31. The predicted octanol–water partition coefficient (Wildman–Crippen LogP) is -1.21. The van der Waals surface area contributed by atoms with Gasteiger partial charge < -0.3 is 15.2 Å². The minimum atomic E-state index is -0.506. The monoisotopic (exact) mass is 199 g/mol. The van der Waals surface area contributed by atoms with E-state index in [1.54, 1.807) is 7.11 Å². The Balaban J connectivity index is 2.37. The fourth-order valence-electron chi connectivity index (χ4n) is 1.61. The van der Waals surface area contributed by atoms with Crippen LogP contribution >= 0.6 is 0 Å². The highest BCUT2D eigenvalue weighted by molar-refractivity contribution is 4.96. The molecule has 0 saturated carbocycles. The van der Waals surface area contributed by atoms with E-state index in [-0.39, 0.29) is 6.04 Å². The first-order valence-electron chi connectivity index (χ1n) is 4.79. The number of nitriles is 1. The van der Waals surface area contributed by atoms with Gasteiger partial charge in [0.25, 0.3) is 0 Å². The number of ether oxygens (including phenoxy) is 1. The first kappa shape index (κ1) is 11.4. The Bertz CT molecular complexity index is 205. The third kappa shape index (κ3) is 3.24. The molecule has 0 aromatic carbocycles. The number of methoxy groups -OCH3 is 1. The lowest BCUT2D eigenvalue weighted by Gasteiger charge is -2.33. The van der Waals surface area contributed by atoms with Crippen molar-refractivity contribution in [1.82, 2.24) is 10.2 Å². The highest BCUT2D eigenvalue weighted by Crippen LogP contribution is 2.03. The van der Waals surface area contributed by atoms with E-state index in [0.29, 0.717) is 19.7 Å². The fourth-order valence-corrected chi connectivity index (χ4v) is 1.61. The molecule has 0 aromatic heterocycles. The second kappa shape index (κ2) is 5.94. The molecule has 1 rings (SSSR count). The molecule has 1 aliphatic heterocycles. The van der Waals surface area contributed by atoms with Gasteiger partial charge in [-0.2, -0.15) is 5.26 Å². The molecule has 1 saturated heterocycles. The first-order chi connectivity index (χ1) is 6.77. The van der Waals surface area contributed by atoms with Gasteiger partial charge in [-0.1, -0.05) is 0 Å². The van der Waals surface area contributed by atoms with E-state index in [1.165, 1.54) is 0 Å². The Morgan fingerprint density at radius 1 is 1.79 bits per heavy atom. The van der Waals surface area contributed by atoms with Gasteiger partial charge in [0.2, 0.25) is 0 Å². The van der Waals surface area contributed by atoms with Crippen molar-refractivity contribution in [1.29, 1.82) is 5.26 Å². The SMILES string of the molecule is COCC(O)CN1CCNCC1C#N. The normalized spacial score (nSPS) is 25.6. The van der Waals surface area contributed by atoms with Crippen LogP contribution in [0.4, 0.5) is 0 Å². The van der Waals surface area contributed by atoms with Crippen LogP contribution < -0.4 is 5.32 Å². The average molecular weight is 199 g/mol. The molecule has 1 heterocycles. The van der Waals surface area contributed by atoms with Crippen molar-refractivity contribution < 1.29 is 9.84 Å². The number of nitrogens with zero attached hydrogens (tertiary/aromatic N) is 2. The van der Waals surface area contributed by atoms with Crippen molar-refractivity contribution in [2.24, 2.45) is 0 Å². The molecule has 0 aromatic rings. The molecular formula is C9H17N3O2. The molecule has 1 aliphatic rings. The van der Waals surface area contributed by atoms with Gasteiger partial charge in [-0.25, -0.2) is 0 Å². The van der Waals surface area contributed by atoms with Crippen molar-refractivity contribution in [2.75, 3.05) is 39.9 Å². The summed E-state index contributed by atoms with van der Waals surface area (Å²) in [5, 5.41) is 21.5. The Kier molecular flexibility index (Phi) is 4.84. The summed E-state index contributed by atoms with van der Waals surface area (Å²) in [5.74, 6) is 0. The molecule has 2 atom stereocenters. The van der Waals surface area contributed by atoms with Crippen LogP contribution in [0.1, 0.15) is 0 Å². The number of piperazine rings is 1. The molecule has 0 radical (unpaired) electrons. The van der Waals surface area contributed by atoms with Crippen LogP contribution in [0.3, 0.4) is 0 Å². The molecule has 2 unspecified atom stereocenters. The molecule has 0 spiro atoms. The van der Waals surface area contributed by atoms with E-state index in [1.807, 2.05) is 4.90 Å². The Labute approximate surface area is 84.3 Å². The number of β-amino-alcohol motifs (C(OH)–C–C–N with tert-alkyl or cyclic N) is 1. The molecule has 0 bridgehead atoms. The van der Waals surface area contributed by atoms with Gasteiger partial charge >= 0.3 is 0 Å². The van der Waals surface area contributed by atoms with Crippen LogP contribution in [0.25, 0.3) is 0 Å². The van der Waals surface area contributed by atoms with Crippen molar-refractivity contribution >= 4 is 0 Å². The second-order valence-corrected chi connectivity index (χ2v) is 3.45. The highest BCUT2D eigenvalue weighted by atomic mass is 16.5. The standard InChI is InChI=1S/C9H17N3O2/c1-14-7-9(13)6-12-3-2-11-5-8(12)4-10/h8-9,11,13H,2-3,5-7H2,1H3. The number of hydrogen-bond donors (Lipinski definition) is 2. The van der Waals surface area contributed by atoms with Crippen LogP contribution in [0.5, 0.6) is 0 Å². The minimum absolute atomic E-state index is 0.129. The molecule has 0 amide bonds. The Morgan fingerprint density at radius 2 is 2.57 bits per heavy atom. The van der Waals surface area contributed by atoms with Crippen LogP contribution in [0.2, 0.25) is 0 Å². The molecule has 0 aliphatic carbocycles. The van der Waals surface area contributed by atoms with E-state index in [9.17, 15) is 5.11 Å². The average Bonchev–Trinajstić information content (AvgIpc) is 2.19. The quantitative estimate of drug-likeness (QED) is 0.594. The first-order valence-corrected chi connectivity index (χ1v) is 4.79. The number of aliphatic hydroxyl groups is 1. The molecule has 1 fully saturated rings. The van der Waals surface area contributed by atoms with Crippen molar-refractivity contribution in [2.45, 2.75) is 12.1 Å². The summed E-state index contributed by atoms with van der Waals surface area (Å²) in [7, 11) is 1.56. The zero-order valence-corrected chi connectivity index (χ0v) is 8.44. The van der Waals surface area contributed by atoms with Crippen LogP contribution in [0, 0.1) is 11.3 Å². The molecule has 5 heteroatoms. The van der Waals surface area contributed by atoms with Crippen molar-refractivity contribution in [3.63, 3.8) is 0 Å². The summed E-state index contributed by atoms with van der Waals surface area (Å²) in [6.45, 7) is 3.18. The van der Waals surface area contributed by atoms with Gasteiger partial charge in [0, 0.05) is 33.3 Å². The molecule has 2 N–H and O–H groups in total. The molecule has 5 nitrogen and oxygen atoms in total. The maximum absolute atomic E-state index is 9.52. The van der Waals surface area contributed by atoms with Crippen LogP contribution in [-0.2, 0) is 4.74 Å². The maximum atomic E-state index is 9.52. The summed E-state index contributed by atoms with van der Waals surface area (Å²) in [4.78, 5) is 1.99. The summed E-state index contributed by atoms with van der Waals surface area (Å²) in [6, 6.07) is 2.08. The van der Waals surface area contributed by atoms with E-state index < -0.39 is 6.10 Å². The lowest BCUT2D eigenvalue weighted by molar-refractivity contribution is 0.0282.